The third-order valence-electron chi connectivity index (χ3n) is 6.40. The van der Waals surface area contributed by atoms with Gasteiger partial charge in [-0.15, -0.1) is 0 Å². The summed E-state index contributed by atoms with van der Waals surface area (Å²) in [6.07, 6.45) is 1.92. The molecule has 3 aromatic rings. The van der Waals surface area contributed by atoms with Gasteiger partial charge in [0.25, 0.3) is 11.5 Å². The third-order valence-corrected chi connectivity index (χ3v) is 6.72. The predicted octanol–water partition coefficient (Wildman–Crippen LogP) is 3.34. The van der Waals surface area contributed by atoms with Crippen LogP contribution in [0.25, 0.3) is 10.9 Å². The van der Waals surface area contributed by atoms with Crippen LogP contribution < -0.4 is 10.5 Å². The van der Waals surface area contributed by atoms with E-state index in [0.717, 1.165) is 18.5 Å². The van der Waals surface area contributed by atoms with Crippen LogP contribution in [0.15, 0.2) is 47.3 Å². The number of aromatic amines is 1. The molecule has 33 heavy (non-hydrogen) atoms. The monoisotopic (exact) mass is 468 g/mol. The summed E-state index contributed by atoms with van der Waals surface area (Å²) in [6, 6.07) is 11.5. The number of carbonyl (C=O) groups is 1. The number of nitrogens with zero attached hydrogens (tertiary/aromatic N) is 3. The van der Waals surface area contributed by atoms with E-state index >= 15 is 0 Å². The van der Waals surface area contributed by atoms with Crippen molar-refractivity contribution in [3.63, 3.8) is 0 Å². The minimum absolute atomic E-state index is 0.00433. The molecule has 0 spiro atoms. The molecule has 2 aliphatic heterocycles. The third kappa shape index (κ3) is 4.43. The van der Waals surface area contributed by atoms with Gasteiger partial charge >= 0.3 is 0 Å². The molecular formula is C24H25FN4O3S. The van der Waals surface area contributed by atoms with E-state index in [4.69, 9.17) is 17.0 Å². The van der Waals surface area contributed by atoms with Crippen LogP contribution in [-0.2, 0) is 11.3 Å². The van der Waals surface area contributed by atoms with Gasteiger partial charge in [0.15, 0.2) is 4.77 Å². The van der Waals surface area contributed by atoms with Gasteiger partial charge in [-0.05, 0) is 67.5 Å². The zero-order valence-electron chi connectivity index (χ0n) is 18.1. The predicted molar refractivity (Wildman–Crippen MR) is 127 cm³/mol. The molecule has 2 fully saturated rings. The molecular weight excluding hydrogens is 443 g/mol. The van der Waals surface area contributed by atoms with Crippen LogP contribution in [0.5, 0.6) is 0 Å². The van der Waals surface area contributed by atoms with Gasteiger partial charge in [0, 0.05) is 44.0 Å². The maximum absolute atomic E-state index is 13.2. The zero-order valence-corrected chi connectivity index (χ0v) is 18.9. The van der Waals surface area contributed by atoms with E-state index in [-0.39, 0.29) is 23.4 Å². The fourth-order valence-corrected chi connectivity index (χ4v) is 4.81. The SMILES string of the molecule is O=C(c1ccc2c(=O)n(CC3CCCO3)c(=S)[nH]c2c1)N1CCN(c2ccc(F)cc2)CC1. The second-order valence-corrected chi connectivity index (χ2v) is 8.88. The summed E-state index contributed by atoms with van der Waals surface area (Å²) in [6.45, 7) is 3.61. The van der Waals surface area contributed by atoms with Crippen molar-refractivity contribution in [2.24, 2.45) is 0 Å². The van der Waals surface area contributed by atoms with Gasteiger partial charge in [-0.1, -0.05) is 0 Å². The fourth-order valence-electron chi connectivity index (χ4n) is 4.55. The van der Waals surface area contributed by atoms with Gasteiger partial charge in [0.1, 0.15) is 5.82 Å². The molecule has 1 atom stereocenters. The van der Waals surface area contributed by atoms with Crippen LogP contribution in [0.3, 0.4) is 0 Å². The highest BCUT2D eigenvalue weighted by Crippen LogP contribution is 2.19. The van der Waals surface area contributed by atoms with Crippen molar-refractivity contribution in [1.82, 2.24) is 14.5 Å². The molecule has 2 aromatic carbocycles. The van der Waals surface area contributed by atoms with E-state index in [0.29, 0.717) is 60.6 Å². The Bertz CT molecular complexity index is 1290. The normalized spacial score (nSPS) is 18.8. The number of hydrogen-bond acceptors (Lipinski definition) is 5. The highest BCUT2D eigenvalue weighted by Gasteiger charge is 2.23. The number of H-pyrrole nitrogens is 1. The first-order valence-electron chi connectivity index (χ1n) is 11.2. The van der Waals surface area contributed by atoms with Crippen LogP contribution >= 0.6 is 12.2 Å². The summed E-state index contributed by atoms with van der Waals surface area (Å²) >= 11 is 5.43. The molecule has 1 amide bonds. The Kier molecular flexibility index (Phi) is 5.99. The lowest BCUT2D eigenvalue weighted by molar-refractivity contribution is 0.0747. The van der Waals surface area contributed by atoms with Crippen LogP contribution in [0.4, 0.5) is 10.1 Å². The maximum atomic E-state index is 13.2. The second-order valence-electron chi connectivity index (χ2n) is 8.50. The number of piperazine rings is 1. The number of aromatic nitrogens is 2. The van der Waals surface area contributed by atoms with E-state index < -0.39 is 0 Å². The summed E-state index contributed by atoms with van der Waals surface area (Å²) in [5, 5.41) is 0.499. The van der Waals surface area contributed by atoms with Crippen LogP contribution in [0.1, 0.15) is 23.2 Å². The largest absolute Gasteiger partial charge is 0.376 e. The van der Waals surface area contributed by atoms with Gasteiger partial charge in [-0.25, -0.2) is 4.39 Å². The molecule has 0 bridgehead atoms. The number of benzene rings is 2. The van der Waals surface area contributed by atoms with Crippen molar-refractivity contribution in [3.05, 3.63) is 69.0 Å². The molecule has 2 aliphatic rings. The maximum Gasteiger partial charge on any atom is 0.262 e. The number of hydrogen-bond donors (Lipinski definition) is 1. The Balaban J connectivity index is 1.32. The molecule has 1 aromatic heterocycles. The van der Waals surface area contributed by atoms with Gasteiger partial charge in [0.2, 0.25) is 0 Å². The smallest absolute Gasteiger partial charge is 0.262 e. The van der Waals surface area contributed by atoms with Gasteiger partial charge in [-0.3, -0.25) is 14.2 Å². The number of nitrogens with one attached hydrogen (secondary N) is 1. The number of halogens is 1. The van der Waals surface area contributed by atoms with Crippen LogP contribution in [-0.4, -0.2) is 59.2 Å². The molecule has 5 rings (SSSR count). The molecule has 1 unspecified atom stereocenters. The summed E-state index contributed by atoms with van der Waals surface area (Å²) in [4.78, 5) is 33.2. The molecule has 0 aliphatic carbocycles. The first-order chi connectivity index (χ1) is 16.0. The molecule has 9 heteroatoms. The first kappa shape index (κ1) is 21.8. The quantitative estimate of drug-likeness (QED) is 0.595. The van der Waals surface area contributed by atoms with E-state index in [1.807, 2.05) is 0 Å². The lowest BCUT2D eigenvalue weighted by atomic mass is 10.1. The van der Waals surface area contributed by atoms with Crippen LogP contribution in [0.2, 0.25) is 0 Å². The Hall–Kier alpha value is -3.04. The van der Waals surface area contributed by atoms with Gasteiger partial charge < -0.3 is 19.5 Å². The minimum Gasteiger partial charge on any atom is -0.376 e. The van der Waals surface area contributed by atoms with Crippen LogP contribution in [0, 0.1) is 10.6 Å². The minimum atomic E-state index is -0.262. The molecule has 0 saturated carbocycles. The number of fused-ring (bicyclic) bond motifs is 1. The molecule has 7 nitrogen and oxygen atoms in total. The highest BCUT2D eigenvalue weighted by atomic mass is 32.1. The van der Waals surface area contributed by atoms with E-state index in [1.165, 1.54) is 12.1 Å². The number of rotatable bonds is 4. The first-order valence-corrected chi connectivity index (χ1v) is 11.6. The second kappa shape index (κ2) is 9.07. The van der Waals surface area contributed by atoms with Gasteiger partial charge in [0.05, 0.1) is 23.6 Å². The summed E-state index contributed by atoms with van der Waals surface area (Å²) in [7, 11) is 0. The Morgan fingerprint density at radius 2 is 1.88 bits per heavy atom. The number of amides is 1. The standard InChI is InChI=1S/C24H25FN4O3S/c25-17-4-6-18(7-5-17)27-9-11-28(12-10-27)22(30)16-3-8-20-21(14-16)26-24(33)29(23(20)31)15-19-2-1-13-32-19/h3-8,14,19H,1-2,9-13,15H2,(H,26,33). The summed E-state index contributed by atoms with van der Waals surface area (Å²) in [5.74, 6) is -0.347. The Morgan fingerprint density at radius 3 is 2.58 bits per heavy atom. The van der Waals surface area contributed by atoms with Crippen molar-refractivity contribution >= 4 is 34.7 Å². The molecule has 3 heterocycles. The molecule has 172 valence electrons. The number of anilines is 1. The number of carbonyl (C=O) groups excluding carboxylic acids is 1. The van der Waals surface area contributed by atoms with Crippen molar-refractivity contribution in [3.8, 4) is 0 Å². The lowest BCUT2D eigenvalue weighted by Gasteiger charge is -2.36. The lowest BCUT2D eigenvalue weighted by Crippen LogP contribution is -2.48. The molecule has 0 radical (unpaired) electrons. The van der Waals surface area contributed by atoms with Crippen molar-refractivity contribution in [2.45, 2.75) is 25.5 Å². The van der Waals surface area contributed by atoms with Crippen molar-refractivity contribution < 1.29 is 13.9 Å². The highest BCUT2D eigenvalue weighted by molar-refractivity contribution is 7.71. The zero-order chi connectivity index (χ0) is 22.9. The Morgan fingerprint density at radius 1 is 1.12 bits per heavy atom. The molecule has 2 saturated heterocycles. The van der Waals surface area contributed by atoms with Crippen molar-refractivity contribution in [1.29, 1.82) is 0 Å². The topological polar surface area (TPSA) is 70.6 Å². The number of ether oxygens (including phenoxy) is 1. The van der Waals surface area contributed by atoms with Crippen molar-refractivity contribution in [2.75, 3.05) is 37.7 Å². The van der Waals surface area contributed by atoms with E-state index in [1.54, 1.807) is 39.8 Å². The molecule has 1 N–H and O–H groups in total. The summed E-state index contributed by atoms with van der Waals surface area (Å²) < 4.78 is 20.7. The Labute approximate surface area is 195 Å². The fraction of sp³-hybridized carbons (Fsp3) is 0.375. The average Bonchev–Trinajstić information content (AvgIpc) is 3.35. The van der Waals surface area contributed by atoms with E-state index in [9.17, 15) is 14.0 Å². The average molecular weight is 469 g/mol. The van der Waals surface area contributed by atoms with E-state index in [2.05, 4.69) is 9.88 Å². The van der Waals surface area contributed by atoms with Gasteiger partial charge in [-0.2, -0.15) is 0 Å². The summed E-state index contributed by atoms with van der Waals surface area (Å²) in [5.41, 5.74) is 1.85.